The summed E-state index contributed by atoms with van der Waals surface area (Å²) in [4.78, 5) is 0. The lowest BCUT2D eigenvalue weighted by Crippen LogP contribution is -2.15. The van der Waals surface area contributed by atoms with Gasteiger partial charge >= 0.3 is 0 Å². The number of rotatable bonds is 4. The van der Waals surface area contributed by atoms with E-state index in [-0.39, 0.29) is 19.8 Å². The Labute approximate surface area is 47.3 Å². The maximum atomic E-state index is 8.13. The summed E-state index contributed by atoms with van der Waals surface area (Å²) in [6.45, 7) is -0.0785. The fourth-order valence-electron chi connectivity index (χ4n) is 0.253. The van der Waals surface area contributed by atoms with E-state index in [1.54, 1.807) is 0 Å². The molecule has 0 aromatic carbocycles. The van der Waals surface area contributed by atoms with E-state index >= 15 is 0 Å². The number of aliphatic hydroxyl groups is 3. The third-order valence-corrected chi connectivity index (χ3v) is 0.503. The van der Waals surface area contributed by atoms with Crippen LogP contribution in [0.25, 0.3) is 0 Å². The van der Waals surface area contributed by atoms with Gasteiger partial charge < -0.3 is 20.1 Å². The van der Waals surface area contributed by atoms with Crippen molar-refractivity contribution in [3.63, 3.8) is 0 Å². The molecule has 4 nitrogen and oxygen atoms in total. The van der Waals surface area contributed by atoms with Gasteiger partial charge in [-0.1, -0.05) is 0 Å². The summed E-state index contributed by atoms with van der Waals surface area (Å²) in [6, 6.07) is 0. The van der Waals surface area contributed by atoms with E-state index in [1.165, 1.54) is 0 Å². The molecule has 0 heterocycles. The zero-order chi connectivity index (χ0) is 6.41. The van der Waals surface area contributed by atoms with Crippen LogP contribution < -0.4 is 0 Å². The van der Waals surface area contributed by atoms with Gasteiger partial charge in [-0.2, -0.15) is 0 Å². The normalized spacial score (nSPS) is 10.5. The topological polar surface area (TPSA) is 69.9 Å². The third-order valence-electron chi connectivity index (χ3n) is 0.503. The highest BCUT2D eigenvalue weighted by Gasteiger charge is 1.93. The summed E-state index contributed by atoms with van der Waals surface area (Å²) in [5.41, 5.74) is 0. The molecule has 0 fully saturated rings. The van der Waals surface area contributed by atoms with E-state index in [4.69, 9.17) is 15.3 Å². The Morgan fingerprint density at radius 1 is 1.38 bits per heavy atom. The first-order chi connectivity index (χ1) is 3.77. The maximum Gasteiger partial charge on any atom is 0.175 e. The van der Waals surface area contributed by atoms with Crippen molar-refractivity contribution in [3.8, 4) is 0 Å². The highest BCUT2D eigenvalue weighted by molar-refractivity contribution is 4.30. The molecule has 0 aromatic heterocycles. The van der Waals surface area contributed by atoms with E-state index in [2.05, 4.69) is 4.74 Å². The molecule has 0 aliphatic heterocycles. The molecule has 0 rings (SSSR count). The van der Waals surface area contributed by atoms with Crippen LogP contribution in [0.2, 0.25) is 0 Å². The Kier molecular flexibility index (Phi) is 4.89. The van der Waals surface area contributed by atoms with Gasteiger partial charge in [0.2, 0.25) is 0 Å². The van der Waals surface area contributed by atoms with Gasteiger partial charge in [0.1, 0.15) is 0 Å². The van der Waals surface area contributed by atoms with Crippen molar-refractivity contribution < 1.29 is 20.1 Å². The minimum atomic E-state index is -1.43. The fraction of sp³-hybridized carbons (Fsp3) is 1.00. The standard InChI is InChI=1S/C4H10O4/c5-1-2-8-3-4(6)7/h4-7H,1-3H2. The molecule has 0 atom stereocenters. The molecule has 0 aliphatic carbocycles. The van der Waals surface area contributed by atoms with Crippen LogP contribution in [0.15, 0.2) is 0 Å². The summed E-state index contributed by atoms with van der Waals surface area (Å²) >= 11 is 0. The van der Waals surface area contributed by atoms with E-state index in [9.17, 15) is 0 Å². The molecule has 4 heteroatoms. The Bertz CT molecular complexity index is 45.3. The van der Waals surface area contributed by atoms with Crippen LogP contribution in [0.5, 0.6) is 0 Å². The van der Waals surface area contributed by atoms with Crippen LogP contribution in [0.4, 0.5) is 0 Å². The maximum absolute atomic E-state index is 8.13. The second-order valence-corrected chi connectivity index (χ2v) is 1.28. The Balaban J connectivity index is 2.72. The molecule has 50 valence electrons. The molecule has 0 radical (unpaired) electrons. The molecule has 0 bridgehead atoms. The largest absolute Gasteiger partial charge is 0.394 e. The predicted molar refractivity (Wildman–Crippen MR) is 26.1 cm³/mol. The van der Waals surface area contributed by atoms with E-state index < -0.39 is 6.29 Å². The van der Waals surface area contributed by atoms with Gasteiger partial charge in [0.25, 0.3) is 0 Å². The molecule has 0 amide bonds. The fourth-order valence-corrected chi connectivity index (χ4v) is 0.253. The van der Waals surface area contributed by atoms with Crippen molar-refractivity contribution in [3.05, 3.63) is 0 Å². The van der Waals surface area contributed by atoms with Crippen LogP contribution in [0.1, 0.15) is 0 Å². The van der Waals surface area contributed by atoms with E-state index in [1.807, 2.05) is 0 Å². The lowest BCUT2D eigenvalue weighted by Gasteiger charge is -2.01. The molecular weight excluding hydrogens is 112 g/mol. The number of hydrogen-bond acceptors (Lipinski definition) is 4. The van der Waals surface area contributed by atoms with Gasteiger partial charge in [-0.25, -0.2) is 0 Å². The van der Waals surface area contributed by atoms with Crippen molar-refractivity contribution in [1.29, 1.82) is 0 Å². The lowest BCUT2D eigenvalue weighted by atomic mass is 10.7. The van der Waals surface area contributed by atoms with Crippen LogP contribution >= 0.6 is 0 Å². The molecule has 0 unspecified atom stereocenters. The van der Waals surface area contributed by atoms with Gasteiger partial charge in [-0.15, -0.1) is 0 Å². The Morgan fingerprint density at radius 2 is 2.00 bits per heavy atom. The predicted octanol–water partition coefficient (Wildman–Crippen LogP) is -1.69. The number of hydrogen-bond donors (Lipinski definition) is 3. The minimum Gasteiger partial charge on any atom is -0.394 e. The number of aliphatic hydroxyl groups excluding tert-OH is 2. The molecule has 0 saturated carbocycles. The lowest BCUT2D eigenvalue weighted by molar-refractivity contribution is -0.0977. The minimum absolute atomic E-state index is 0.0906. The van der Waals surface area contributed by atoms with Gasteiger partial charge in [-0.05, 0) is 0 Å². The van der Waals surface area contributed by atoms with Gasteiger partial charge in [-0.3, -0.25) is 0 Å². The van der Waals surface area contributed by atoms with Crippen LogP contribution in [0.3, 0.4) is 0 Å². The average Bonchev–Trinajstić information content (AvgIpc) is 1.66. The SMILES string of the molecule is OCCOCC(O)O. The zero-order valence-corrected chi connectivity index (χ0v) is 4.45. The van der Waals surface area contributed by atoms with Gasteiger partial charge in [0, 0.05) is 0 Å². The summed E-state index contributed by atoms with van der Waals surface area (Å²) < 4.78 is 4.49. The molecule has 0 aromatic rings. The first kappa shape index (κ1) is 7.84. The third kappa shape index (κ3) is 5.84. The Hall–Kier alpha value is -0.160. The number of ether oxygens (including phenoxy) is 1. The summed E-state index contributed by atoms with van der Waals surface area (Å²) in [7, 11) is 0. The van der Waals surface area contributed by atoms with Gasteiger partial charge in [0.15, 0.2) is 6.29 Å². The van der Waals surface area contributed by atoms with Crippen molar-refractivity contribution in [2.24, 2.45) is 0 Å². The molecule has 3 N–H and O–H groups in total. The first-order valence-electron chi connectivity index (χ1n) is 2.32. The smallest absolute Gasteiger partial charge is 0.175 e. The second-order valence-electron chi connectivity index (χ2n) is 1.28. The van der Waals surface area contributed by atoms with Crippen molar-refractivity contribution in [2.45, 2.75) is 6.29 Å². The van der Waals surface area contributed by atoms with Crippen LogP contribution in [-0.2, 0) is 4.74 Å². The quantitative estimate of drug-likeness (QED) is 0.307. The van der Waals surface area contributed by atoms with Crippen LogP contribution in [-0.4, -0.2) is 41.4 Å². The van der Waals surface area contributed by atoms with E-state index in [0.717, 1.165) is 0 Å². The second kappa shape index (κ2) is 4.99. The summed E-state index contributed by atoms with van der Waals surface area (Å²) in [6.07, 6.45) is -1.43. The van der Waals surface area contributed by atoms with Crippen molar-refractivity contribution in [1.82, 2.24) is 0 Å². The molecule has 0 spiro atoms. The highest BCUT2D eigenvalue weighted by Crippen LogP contribution is 1.76. The van der Waals surface area contributed by atoms with Gasteiger partial charge in [0.05, 0.1) is 19.8 Å². The molecule has 0 aliphatic rings. The average molecular weight is 122 g/mol. The van der Waals surface area contributed by atoms with E-state index in [0.29, 0.717) is 0 Å². The first-order valence-corrected chi connectivity index (χ1v) is 2.32. The van der Waals surface area contributed by atoms with Crippen LogP contribution in [0, 0.1) is 0 Å². The zero-order valence-electron chi connectivity index (χ0n) is 4.45. The molecule has 8 heavy (non-hydrogen) atoms. The molecular formula is C4H10O4. The monoisotopic (exact) mass is 122 g/mol. The van der Waals surface area contributed by atoms with Crippen molar-refractivity contribution in [2.75, 3.05) is 19.8 Å². The summed E-state index contributed by atoms with van der Waals surface area (Å²) in [5, 5.41) is 24.3. The van der Waals surface area contributed by atoms with Crippen molar-refractivity contribution >= 4 is 0 Å². The Morgan fingerprint density at radius 3 is 2.38 bits per heavy atom. The highest BCUT2D eigenvalue weighted by atomic mass is 16.5. The molecule has 0 saturated heterocycles. The summed E-state index contributed by atoms with van der Waals surface area (Å²) in [5.74, 6) is 0.